The number of hydrogen-bond acceptors (Lipinski definition) is 4. The lowest BCUT2D eigenvalue weighted by atomic mass is 10.2. The van der Waals surface area contributed by atoms with Gasteiger partial charge in [0.05, 0.1) is 11.1 Å². The minimum atomic E-state index is -0.337. The quantitative estimate of drug-likeness (QED) is 0.827. The molecule has 0 aliphatic heterocycles. The lowest BCUT2D eigenvalue weighted by Crippen LogP contribution is -1.96. The van der Waals surface area contributed by atoms with Gasteiger partial charge in [-0.1, -0.05) is 12.1 Å². The number of rotatable bonds is 5. The van der Waals surface area contributed by atoms with Gasteiger partial charge in [-0.2, -0.15) is 0 Å². The number of nitrogens with zero attached hydrogens (tertiary/aromatic N) is 1. The lowest BCUT2D eigenvalue weighted by molar-refractivity contribution is 0.179. The van der Waals surface area contributed by atoms with Crippen LogP contribution in [0.1, 0.15) is 17.4 Å². The summed E-state index contributed by atoms with van der Waals surface area (Å²) in [7, 11) is 0. The highest BCUT2D eigenvalue weighted by Crippen LogP contribution is 2.25. The van der Waals surface area contributed by atoms with E-state index in [0.717, 1.165) is 22.1 Å². The molecule has 2 aromatic heterocycles. The van der Waals surface area contributed by atoms with Gasteiger partial charge in [0.1, 0.15) is 0 Å². The first-order valence-electron chi connectivity index (χ1n) is 5.11. The van der Waals surface area contributed by atoms with Gasteiger partial charge in [0.2, 0.25) is 0 Å². The summed E-state index contributed by atoms with van der Waals surface area (Å²) < 4.78 is 0. The first-order valence-corrected chi connectivity index (χ1v) is 6.98. The molecule has 2 rings (SSSR count). The van der Waals surface area contributed by atoms with Crippen molar-refractivity contribution in [2.24, 2.45) is 0 Å². The number of aliphatic hydroxyl groups is 1. The highest BCUT2D eigenvalue weighted by atomic mass is 32.2. The summed E-state index contributed by atoms with van der Waals surface area (Å²) in [5.41, 5.74) is 0. The van der Waals surface area contributed by atoms with Crippen molar-refractivity contribution < 1.29 is 5.11 Å². The van der Waals surface area contributed by atoms with Gasteiger partial charge in [0.15, 0.2) is 0 Å². The highest BCUT2D eigenvalue weighted by Gasteiger charge is 2.08. The Morgan fingerprint density at radius 1 is 1.31 bits per heavy atom. The van der Waals surface area contributed by atoms with Crippen molar-refractivity contribution in [1.82, 2.24) is 4.98 Å². The van der Waals surface area contributed by atoms with Crippen molar-refractivity contribution in [1.29, 1.82) is 0 Å². The van der Waals surface area contributed by atoms with Gasteiger partial charge in [-0.25, -0.2) is 4.98 Å². The Bertz CT molecular complexity index is 402. The van der Waals surface area contributed by atoms with Crippen LogP contribution in [-0.4, -0.2) is 15.8 Å². The maximum Gasteiger partial charge on any atom is 0.0959 e. The van der Waals surface area contributed by atoms with Crippen molar-refractivity contribution in [3.8, 4) is 0 Å². The van der Waals surface area contributed by atoms with E-state index in [9.17, 15) is 5.11 Å². The molecule has 2 nitrogen and oxygen atoms in total. The summed E-state index contributed by atoms with van der Waals surface area (Å²) >= 11 is 3.28. The SMILES string of the molecule is O[C@H](CCSc1ccccn1)c1cccs1. The average molecular weight is 251 g/mol. The van der Waals surface area contributed by atoms with Crippen molar-refractivity contribution in [3.05, 3.63) is 46.8 Å². The van der Waals surface area contributed by atoms with Crippen LogP contribution in [0.4, 0.5) is 0 Å². The monoisotopic (exact) mass is 251 g/mol. The van der Waals surface area contributed by atoms with Crippen LogP contribution in [0.5, 0.6) is 0 Å². The van der Waals surface area contributed by atoms with Crippen molar-refractivity contribution in [2.75, 3.05) is 5.75 Å². The van der Waals surface area contributed by atoms with Crippen LogP contribution in [0.2, 0.25) is 0 Å². The molecule has 2 heterocycles. The summed E-state index contributed by atoms with van der Waals surface area (Å²) in [6, 6.07) is 9.81. The first-order chi connectivity index (χ1) is 7.86. The molecule has 0 aromatic carbocycles. The van der Waals surface area contributed by atoms with Crippen molar-refractivity contribution in [2.45, 2.75) is 17.6 Å². The fraction of sp³-hybridized carbons (Fsp3) is 0.250. The van der Waals surface area contributed by atoms with E-state index in [1.54, 1.807) is 29.3 Å². The summed E-state index contributed by atoms with van der Waals surface area (Å²) in [5.74, 6) is 0.885. The van der Waals surface area contributed by atoms with Crippen LogP contribution < -0.4 is 0 Å². The predicted molar refractivity (Wildman–Crippen MR) is 68.9 cm³/mol. The van der Waals surface area contributed by atoms with Gasteiger partial charge in [-0.15, -0.1) is 23.1 Å². The molecule has 0 aliphatic carbocycles. The molecule has 0 unspecified atom stereocenters. The summed E-state index contributed by atoms with van der Waals surface area (Å²) in [6.07, 6.45) is 2.22. The third-order valence-corrected chi connectivity index (χ3v) is 4.10. The molecule has 0 fully saturated rings. The molecule has 0 saturated heterocycles. The van der Waals surface area contributed by atoms with Crippen LogP contribution >= 0.6 is 23.1 Å². The third-order valence-electron chi connectivity index (χ3n) is 2.15. The number of aliphatic hydroxyl groups excluding tert-OH is 1. The molecule has 0 aliphatic rings. The zero-order valence-electron chi connectivity index (χ0n) is 8.74. The first kappa shape index (κ1) is 11.6. The number of pyridine rings is 1. The molecule has 0 radical (unpaired) electrons. The largest absolute Gasteiger partial charge is 0.388 e. The second-order valence-corrected chi connectivity index (χ2v) is 5.43. The van der Waals surface area contributed by atoms with E-state index >= 15 is 0 Å². The van der Waals surface area contributed by atoms with E-state index in [1.165, 1.54) is 0 Å². The molecule has 0 bridgehead atoms. The molecule has 16 heavy (non-hydrogen) atoms. The molecule has 0 spiro atoms. The Balaban J connectivity index is 1.76. The summed E-state index contributed by atoms with van der Waals surface area (Å²) in [4.78, 5) is 5.27. The van der Waals surface area contributed by atoms with E-state index in [2.05, 4.69) is 4.98 Å². The van der Waals surface area contributed by atoms with Gasteiger partial charge >= 0.3 is 0 Å². The summed E-state index contributed by atoms with van der Waals surface area (Å²) in [5, 5.41) is 12.9. The number of thiophene rings is 1. The zero-order valence-corrected chi connectivity index (χ0v) is 10.4. The van der Waals surface area contributed by atoms with E-state index in [0.29, 0.717) is 0 Å². The summed E-state index contributed by atoms with van der Waals surface area (Å²) in [6.45, 7) is 0. The van der Waals surface area contributed by atoms with E-state index < -0.39 is 0 Å². The van der Waals surface area contributed by atoms with Gasteiger partial charge < -0.3 is 5.11 Å². The Morgan fingerprint density at radius 3 is 2.94 bits per heavy atom. The van der Waals surface area contributed by atoms with Crippen molar-refractivity contribution >= 4 is 23.1 Å². The number of thioether (sulfide) groups is 1. The van der Waals surface area contributed by atoms with Crippen LogP contribution in [0.15, 0.2) is 46.9 Å². The van der Waals surface area contributed by atoms with E-state index in [4.69, 9.17) is 0 Å². The van der Waals surface area contributed by atoms with Crippen LogP contribution in [0.3, 0.4) is 0 Å². The van der Waals surface area contributed by atoms with Crippen LogP contribution in [0, 0.1) is 0 Å². The van der Waals surface area contributed by atoms with E-state index in [1.807, 2.05) is 35.7 Å². The fourth-order valence-corrected chi connectivity index (χ4v) is 2.94. The molecule has 2 aromatic rings. The molecular formula is C12H13NOS2. The second kappa shape index (κ2) is 6.03. The molecule has 84 valence electrons. The maximum atomic E-state index is 9.86. The predicted octanol–water partition coefficient (Wildman–Crippen LogP) is 3.36. The molecule has 1 N–H and O–H groups in total. The van der Waals surface area contributed by atoms with E-state index in [-0.39, 0.29) is 6.10 Å². The zero-order chi connectivity index (χ0) is 11.2. The lowest BCUT2D eigenvalue weighted by Gasteiger charge is -2.07. The van der Waals surface area contributed by atoms with Crippen molar-refractivity contribution in [3.63, 3.8) is 0 Å². The average Bonchev–Trinajstić information content (AvgIpc) is 2.84. The molecule has 1 atom stereocenters. The van der Waals surface area contributed by atoms with Crippen LogP contribution in [-0.2, 0) is 0 Å². The number of hydrogen-bond donors (Lipinski definition) is 1. The minimum absolute atomic E-state index is 0.337. The Hall–Kier alpha value is -0.840. The fourth-order valence-electron chi connectivity index (χ4n) is 1.33. The Kier molecular flexibility index (Phi) is 4.39. The van der Waals surface area contributed by atoms with Gasteiger partial charge in [0.25, 0.3) is 0 Å². The molecular weight excluding hydrogens is 238 g/mol. The standard InChI is InChI=1S/C12H13NOS2/c14-10(11-4-3-8-15-11)6-9-16-12-5-1-2-7-13-12/h1-5,7-8,10,14H,6,9H2/t10-/m1/s1. The van der Waals surface area contributed by atoms with Crippen LogP contribution in [0.25, 0.3) is 0 Å². The Labute approximate surface area is 103 Å². The molecule has 0 amide bonds. The Morgan fingerprint density at radius 2 is 2.25 bits per heavy atom. The highest BCUT2D eigenvalue weighted by molar-refractivity contribution is 7.99. The smallest absolute Gasteiger partial charge is 0.0959 e. The topological polar surface area (TPSA) is 33.1 Å². The molecule has 4 heteroatoms. The van der Waals surface area contributed by atoms with Gasteiger partial charge in [0, 0.05) is 16.8 Å². The second-order valence-electron chi connectivity index (χ2n) is 3.34. The normalized spacial score (nSPS) is 12.6. The minimum Gasteiger partial charge on any atom is -0.388 e. The molecule has 0 saturated carbocycles. The maximum absolute atomic E-state index is 9.86. The third kappa shape index (κ3) is 3.33. The number of aromatic nitrogens is 1. The van der Waals surface area contributed by atoms with Gasteiger partial charge in [-0.05, 0) is 30.0 Å². The van der Waals surface area contributed by atoms with Gasteiger partial charge in [-0.3, -0.25) is 0 Å².